The lowest BCUT2D eigenvalue weighted by Crippen LogP contribution is -2.53. The number of nitrogens with one attached hydrogen (secondary N) is 2. The van der Waals surface area contributed by atoms with E-state index in [2.05, 4.69) is 10.6 Å². The van der Waals surface area contributed by atoms with Gasteiger partial charge in [0.05, 0.1) is 6.04 Å². The highest BCUT2D eigenvalue weighted by Crippen LogP contribution is 2.10. The van der Waals surface area contributed by atoms with Crippen molar-refractivity contribution in [2.24, 2.45) is 0 Å². The summed E-state index contributed by atoms with van der Waals surface area (Å²) < 4.78 is 25.8. The maximum atomic E-state index is 12.9. The van der Waals surface area contributed by atoms with E-state index in [-0.39, 0.29) is 5.91 Å². The second kappa shape index (κ2) is 4.57. The zero-order valence-electron chi connectivity index (χ0n) is 8.59. The van der Waals surface area contributed by atoms with Gasteiger partial charge in [0.25, 0.3) is 0 Å². The first-order chi connectivity index (χ1) is 7.65. The summed E-state index contributed by atoms with van der Waals surface area (Å²) >= 11 is 0. The van der Waals surface area contributed by atoms with Gasteiger partial charge in [-0.05, 0) is 24.1 Å². The zero-order valence-corrected chi connectivity index (χ0v) is 8.59. The van der Waals surface area contributed by atoms with Crippen LogP contribution in [0.15, 0.2) is 18.2 Å². The van der Waals surface area contributed by atoms with Crippen molar-refractivity contribution in [2.75, 3.05) is 13.1 Å². The van der Waals surface area contributed by atoms with Gasteiger partial charge in [-0.1, -0.05) is 0 Å². The molecular weight excluding hydrogens is 214 g/mol. The van der Waals surface area contributed by atoms with Gasteiger partial charge in [-0.3, -0.25) is 4.79 Å². The molecule has 1 fully saturated rings. The largest absolute Gasteiger partial charge is 0.353 e. The van der Waals surface area contributed by atoms with Crippen LogP contribution < -0.4 is 10.6 Å². The standard InChI is InChI=1S/C11H12F2N2O/c12-8-3-7(4-9(13)6-8)5-10-11(16)15-2-1-14-10/h3-4,6,10,14H,1-2,5H2,(H,15,16)/t10-/m1/s1. The Kier molecular flexibility index (Phi) is 3.14. The number of carbonyl (C=O) groups is 1. The summed E-state index contributed by atoms with van der Waals surface area (Å²) in [5.74, 6) is -1.37. The minimum absolute atomic E-state index is 0.129. The maximum Gasteiger partial charge on any atom is 0.237 e. The monoisotopic (exact) mass is 226 g/mol. The molecule has 0 radical (unpaired) electrons. The Labute approximate surface area is 91.8 Å². The summed E-state index contributed by atoms with van der Waals surface area (Å²) in [5, 5.41) is 5.69. The molecular formula is C11H12F2N2O. The molecule has 5 heteroatoms. The van der Waals surface area contributed by atoms with Crippen molar-refractivity contribution in [3.05, 3.63) is 35.4 Å². The summed E-state index contributed by atoms with van der Waals surface area (Å²) in [6.07, 6.45) is 0.292. The lowest BCUT2D eigenvalue weighted by atomic mass is 10.0. The molecule has 1 aromatic carbocycles. The normalized spacial score (nSPS) is 20.6. The molecule has 0 aliphatic carbocycles. The fourth-order valence-electron chi connectivity index (χ4n) is 1.78. The molecule has 1 aliphatic rings. The molecule has 0 bridgehead atoms. The summed E-state index contributed by atoms with van der Waals surface area (Å²) in [4.78, 5) is 11.4. The number of piperazine rings is 1. The van der Waals surface area contributed by atoms with Crippen LogP contribution in [-0.4, -0.2) is 25.0 Å². The van der Waals surface area contributed by atoms with Crippen molar-refractivity contribution in [3.8, 4) is 0 Å². The van der Waals surface area contributed by atoms with Crippen LogP contribution in [0.5, 0.6) is 0 Å². The first-order valence-corrected chi connectivity index (χ1v) is 5.11. The second-order valence-electron chi connectivity index (χ2n) is 3.78. The predicted molar refractivity (Wildman–Crippen MR) is 54.9 cm³/mol. The molecule has 1 heterocycles. The van der Waals surface area contributed by atoms with Gasteiger partial charge in [0.15, 0.2) is 0 Å². The van der Waals surface area contributed by atoms with E-state index >= 15 is 0 Å². The molecule has 86 valence electrons. The highest BCUT2D eigenvalue weighted by molar-refractivity contribution is 5.82. The summed E-state index contributed by atoms with van der Waals surface area (Å²) in [6.45, 7) is 1.26. The number of halogens is 2. The van der Waals surface area contributed by atoms with Crippen LogP contribution in [0.1, 0.15) is 5.56 Å². The highest BCUT2D eigenvalue weighted by atomic mass is 19.1. The molecule has 1 aliphatic heterocycles. The summed E-state index contributed by atoms with van der Waals surface area (Å²) in [6, 6.07) is 2.90. The number of hydrogen-bond acceptors (Lipinski definition) is 2. The molecule has 3 nitrogen and oxygen atoms in total. The molecule has 0 saturated carbocycles. The molecule has 1 saturated heterocycles. The number of rotatable bonds is 2. The second-order valence-corrected chi connectivity index (χ2v) is 3.78. The van der Waals surface area contributed by atoms with Gasteiger partial charge in [0, 0.05) is 19.2 Å². The van der Waals surface area contributed by atoms with Crippen molar-refractivity contribution in [3.63, 3.8) is 0 Å². The van der Waals surface area contributed by atoms with Gasteiger partial charge in [-0.25, -0.2) is 8.78 Å². The quantitative estimate of drug-likeness (QED) is 0.775. The molecule has 16 heavy (non-hydrogen) atoms. The van der Waals surface area contributed by atoms with Gasteiger partial charge in [-0.2, -0.15) is 0 Å². The van der Waals surface area contributed by atoms with Crippen molar-refractivity contribution in [1.82, 2.24) is 10.6 Å². The van der Waals surface area contributed by atoms with Crippen molar-refractivity contribution in [1.29, 1.82) is 0 Å². The van der Waals surface area contributed by atoms with E-state index in [1.807, 2.05) is 0 Å². The fraction of sp³-hybridized carbons (Fsp3) is 0.364. The molecule has 1 amide bonds. The number of amides is 1. The predicted octanol–water partition coefficient (Wildman–Crippen LogP) is 0.595. The topological polar surface area (TPSA) is 41.1 Å². The van der Waals surface area contributed by atoms with E-state index in [0.29, 0.717) is 25.1 Å². The number of carbonyl (C=O) groups excluding carboxylic acids is 1. The lowest BCUT2D eigenvalue weighted by Gasteiger charge is -2.23. The summed E-state index contributed by atoms with van der Waals surface area (Å²) in [5.41, 5.74) is 0.479. The van der Waals surface area contributed by atoms with Crippen LogP contribution >= 0.6 is 0 Å². The average Bonchev–Trinajstić information content (AvgIpc) is 2.20. The number of hydrogen-bond donors (Lipinski definition) is 2. The van der Waals surface area contributed by atoms with E-state index in [1.165, 1.54) is 12.1 Å². The van der Waals surface area contributed by atoms with Crippen LogP contribution in [0.2, 0.25) is 0 Å². The average molecular weight is 226 g/mol. The minimum atomic E-state index is -0.619. The number of benzene rings is 1. The van der Waals surface area contributed by atoms with Gasteiger partial charge in [0.1, 0.15) is 11.6 Å². The Morgan fingerprint density at radius 2 is 1.88 bits per heavy atom. The SMILES string of the molecule is O=C1NCCN[C@@H]1Cc1cc(F)cc(F)c1. The zero-order chi connectivity index (χ0) is 11.5. The van der Waals surface area contributed by atoms with E-state index in [1.54, 1.807) is 0 Å². The highest BCUT2D eigenvalue weighted by Gasteiger charge is 2.21. The van der Waals surface area contributed by atoms with Crippen LogP contribution in [0.25, 0.3) is 0 Å². The Morgan fingerprint density at radius 3 is 2.50 bits per heavy atom. The van der Waals surface area contributed by atoms with Crippen molar-refractivity contribution < 1.29 is 13.6 Å². The van der Waals surface area contributed by atoms with Crippen LogP contribution in [-0.2, 0) is 11.2 Å². The van der Waals surface area contributed by atoms with Crippen molar-refractivity contribution >= 4 is 5.91 Å². The summed E-state index contributed by atoms with van der Waals surface area (Å²) in [7, 11) is 0. The van der Waals surface area contributed by atoms with Gasteiger partial charge < -0.3 is 10.6 Å². The van der Waals surface area contributed by atoms with E-state index in [4.69, 9.17) is 0 Å². The Hall–Kier alpha value is -1.49. The molecule has 1 atom stereocenters. The molecule has 2 rings (SSSR count). The van der Waals surface area contributed by atoms with Gasteiger partial charge >= 0.3 is 0 Å². The lowest BCUT2D eigenvalue weighted by molar-refractivity contribution is -0.124. The van der Waals surface area contributed by atoms with Crippen LogP contribution in [0.3, 0.4) is 0 Å². The third-order valence-electron chi connectivity index (χ3n) is 2.49. The van der Waals surface area contributed by atoms with Crippen LogP contribution in [0.4, 0.5) is 8.78 Å². The van der Waals surface area contributed by atoms with E-state index in [0.717, 1.165) is 6.07 Å². The van der Waals surface area contributed by atoms with E-state index < -0.39 is 17.7 Å². The molecule has 0 aromatic heterocycles. The van der Waals surface area contributed by atoms with Crippen molar-refractivity contribution in [2.45, 2.75) is 12.5 Å². The third kappa shape index (κ3) is 2.55. The maximum absolute atomic E-state index is 12.9. The third-order valence-corrected chi connectivity index (χ3v) is 2.49. The molecule has 0 spiro atoms. The first kappa shape index (κ1) is 11.0. The van der Waals surface area contributed by atoms with Gasteiger partial charge in [-0.15, -0.1) is 0 Å². The van der Waals surface area contributed by atoms with Gasteiger partial charge in [0.2, 0.25) is 5.91 Å². The molecule has 0 unspecified atom stereocenters. The fourth-order valence-corrected chi connectivity index (χ4v) is 1.78. The Balaban J connectivity index is 2.10. The Bertz CT molecular complexity index is 389. The molecule has 2 N–H and O–H groups in total. The minimum Gasteiger partial charge on any atom is -0.353 e. The van der Waals surface area contributed by atoms with E-state index in [9.17, 15) is 13.6 Å². The Morgan fingerprint density at radius 1 is 1.19 bits per heavy atom. The molecule has 1 aromatic rings. The first-order valence-electron chi connectivity index (χ1n) is 5.11. The smallest absolute Gasteiger partial charge is 0.237 e. The van der Waals surface area contributed by atoms with Crippen LogP contribution in [0, 0.1) is 11.6 Å².